The number of fused-ring (bicyclic) bond motifs is 4. The fourth-order valence-corrected chi connectivity index (χ4v) is 11.5. The maximum absolute atomic E-state index is 2.61. The van der Waals surface area contributed by atoms with Crippen molar-refractivity contribution in [3.63, 3.8) is 0 Å². The van der Waals surface area contributed by atoms with Gasteiger partial charge in [0.1, 0.15) is 0 Å². The average molecular weight is 677 g/mol. The van der Waals surface area contributed by atoms with E-state index in [-0.39, 0.29) is 0 Å². The average Bonchev–Trinajstić information content (AvgIpc) is 3.15. The molecular weight excluding hydrogens is 641 g/mol. The first-order chi connectivity index (χ1) is 24.7. The highest BCUT2D eigenvalue weighted by Crippen LogP contribution is 2.44. The van der Waals surface area contributed by atoms with Crippen LogP contribution in [0.25, 0.3) is 70.2 Å². The molecule has 0 radical (unpaired) electrons. The summed E-state index contributed by atoms with van der Waals surface area (Å²) in [6.07, 6.45) is 12.7. The Morgan fingerprint density at radius 1 is 0.460 bits per heavy atom. The van der Waals surface area contributed by atoms with Crippen molar-refractivity contribution in [1.82, 2.24) is 0 Å². The lowest BCUT2D eigenvalue weighted by molar-refractivity contribution is 0.723. The highest BCUT2D eigenvalue weighted by Gasteiger charge is 2.23. The van der Waals surface area contributed by atoms with Crippen LogP contribution in [0.1, 0.15) is 29.9 Å². The summed E-state index contributed by atoms with van der Waals surface area (Å²) in [6.45, 7) is 0. The Morgan fingerprint density at radius 3 is 1.70 bits per heavy atom. The molecule has 1 saturated heterocycles. The molecule has 1 fully saturated rings. The summed E-state index contributed by atoms with van der Waals surface area (Å²) in [6, 6.07) is 41.5. The molecule has 2 aliphatic carbocycles. The summed E-state index contributed by atoms with van der Waals surface area (Å²) in [5, 5.41) is 16.5. The van der Waals surface area contributed by atoms with E-state index in [2.05, 4.69) is 157 Å². The number of rotatable bonds is 2. The van der Waals surface area contributed by atoms with Gasteiger partial charge in [-0.1, -0.05) is 150 Å². The van der Waals surface area contributed by atoms with E-state index in [1.165, 1.54) is 87.8 Å². The molecular formula is C48H36S2. The summed E-state index contributed by atoms with van der Waals surface area (Å²) in [5.41, 5.74) is 9.05. The molecule has 8 aromatic carbocycles. The number of benzene rings is 8. The minimum Gasteiger partial charge on any atom is -0.157 e. The van der Waals surface area contributed by atoms with Crippen molar-refractivity contribution >= 4 is 93.7 Å². The Labute approximate surface area is 301 Å². The van der Waals surface area contributed by atoms with E-state index in [4.69, 9.17) is 0 Å². The van der Waals surface area contributed by atoms with Gasteiger partial charge in [0, 0.05) is 28.9 Å². The quantitative estimate of drug-likeness (QED) is 0.132. The SMILES string of the molecule is C1=C2CSCC3=CC(c4ccc5ccc6cccc7ccc4c5c67)=CC(CSCC(=CC1c1ccc4ccc5cccc6ccc1c4c56)C2)C3. The molecule has 240 valence electrons. The Hall–Kier alpha value is -4.50. The molecule has 2 unspecified atom stereocenters. The minimum absolute atomic E-state index is 0.321. The zero-order valence-corrected chi connectivity index (χ0v) is 29.5. The molecule has 4 bridgehead atoms. The zero-order valence-electron chi connectivity index (χ0n) is 27.9. The maximum atomic E-state index is 2.61. The number of thioether (sulfide) groups is 2. The maximum Gasteiger partial charge on any atom is 0.0210 e. The predicted octanol–water partition coefficient (Wildman–Crippen LogP) is 13.3. The summed E-state index contributed by atoms with van der Waals surface area (Å²) >= 11 is 4.27. The van der Waals surface area contributed by atoms with E-state index in [9.17, 15) is 0 Å². The molecule has 2 atom stereocenters. The van der Waals surface area contributed by atoms with Crippen molar-refractivity contribution in [3.05, 3.63) is 161 Å². The van der Waals surface area contributed by atoms with Crippen LogP contribution in [0.15, 0.2) is 150 Å². The van der Waals surface area contributed by atoms with E-state index in [1.54, 1.807) is 16.7 Å². The lowest BCUT2D eigenvalue weighted by Crippen LogP contribution is -2.12. The van der Waals surface area contributed by atoms with Gasteiger partial charge in [-0.2, -0.15) is 23.5 Å². The van der Waals surface area contributed by atoms with Gasteiger partial charge in [0.2, 0.25) is 0 Å². The van der Waals surface area contributed by atoms with Gasteiger partial charge in [0.25, 0.3) is 0 Å². The third-order valence-electron chi connectivity index (χ3n) is 11.5. The van der Waals surface area contributed by atoms with E-state index < -0.39 is 0 Å². The van der Waals surface area contributed by atoms with Gasteiger partial charge in [-0.05, 0) is 100 Å². The van der Waals surface area contributed by atoms with Gasteiger partial charge in [-0.3, -0.25) is 0 Å². The molecule has 0 spiro atoms. The van der Waals surface area contributed by atoms with Crippen molar-refractivity contribution in [2.24, 2.45) is 5.92 Å². The van der Waals surface area contributed by atoms with Crippen LogP contribution in [0.3, 0.4) is 0 Å². The van der Waals surface area contributed by atoms with E-state index in [0.29, 0.717) is 11.8 Å². The fourth-order valence-electron chi connectivity index (χ4n) is 9.39. The van der Waals surface area contributed by atoms with Crippen LogP contribution in [0.2, 0.25) is 0 Å². The second-order valence-electron chi connectivity index (χ2n) is 14.7. The van der Waals surface area contributed by atoms with Gasteiger partial charge in [0.05, 0.1) is 0 Å². The normalized spacial score (nSPS) is 20.2. The molecule has 3 aliphatic rings. The van der Waals surface area contributed by atoms with Crippen LogP contribution < -0.4 is 0 Å². The second-order valence-corrected chi connectivity index (χ2v) is 16.7. The Balaban J connectivity index is 0.935. The zero-order chi connectivity index (χ0) is 32.8. The number of hydrogen-bond acceptors (Lipinski definition) is 2. The van der Waals surface area contributed by atoms with Crippen LogP contribution >= 0.6 is 23.5 Å². The van der Waals surface area contributed by atoms with Crippen LogP contribution in [0, 0.1) is 5.92 Å². The summed E-state index contributed by atoms with van der Waals surface area (Å²) in [7, 11) is 0. The Morgan fingerprint density at radius 2 is 1.00 bits per heavy atom. The van der Waals surface area contributed by atoms with Crippen molar-refractivity contribution in [1.29, 1.82) is 0 Å². The first-order valence-corrected chi connectivity index (χ1v) is 20.3. The summed E-state index contributed by atoms with van der Waals surface area (Å²) in [4.78, 5) is 0. The van der Waals surface area contributed by atoms with Crippen LogP contribution in [-0.4, -0.2) is 23.0 Å². The standard InChI is InChI=1S/C48H36S2/c1-3-33-7-9-37-11-15-41(43-17-13-35(5-1)45(33)47(37)43)39-21-29-19-30(22-39)26-50-28-32-20-31(27-49-25-29)23-40(24-32)42-16-12-38-10-8-34-4-2-6-36-14-18-44(42)48(38)46(34)36/h1-18,21-24,29,40H,19-20,25-28H2. The number of hydrogen-bond donors (Lipinski definition) is 0. The van der Waals surface area contributed by atoms with Crippen molar-refractivity contribution in [3.8, 4) is 0 Å². The molecule has 0 saturated carbocycles. The molecule has 0 nitrogen and oxygen atoms in total. The molecule has 50 heavy (non-hydrogen) atoms. The summed E-state index contributed by atoms with van der Waals surface area (Å²) < 4.78 is 0. The van der Waals surface area contributed by atoms with Crippen molar-refractivity contribution in [2.45, 2.75) is 18.8 Å². The third-order valence-corrected chi connectivity index (χ3v) is 13.9. The molecule has 0 N–H and O–H groups in total. The highest BCUT2D eigenvalue weighted by molar-refractivity contribution is 7.99. The van der Waals surface area contributed by atoms with Gasteiger partial charge < -0.3 is 0 Å². The smallest absolute Gasteiger partial charge is 0.0210 e. The largest absolute Gasteiger partial charge is 0.157 e. The molecule has 2 heteroatoms. The van der Waals surface area contributed by atoms with E-state index in [0.717, 1.165) is 29.4 Å². The first kappa shape index (κ1) is 29.3. The van der Waals surface area contributed by atoms with Crippen LogP contribution in [0.5, 0.6) is 0 Å². The first-order valence-electron chi connectivity index (χ1n) is 18.0. The molecule has 1 heterocycles. The van der Waals surface area contributed by atoms with E-state index in [1.807, 2.05) is 0 Å². The molecule has 8 aromatic rings. The van der Waals surface area contributed by atoms with Gasteiger partial charge in [-0.15, -0.1) is 0 Å². The van der Waals surface area contributed by atoms with Crippen molar-refractivity contribution < 1.29 is 0 Å². The van der Waals surface area contributed by atoms with Crippen LogP contribution in [0.4, 0.5) is 0 Å². The lowest BCUT2D eigenvalue weighted by Gasteiger charge is -2.27. The van der Waals surface area contributed by atoms with E-state index >= 15 is 0 Å². The Bertz CT molecular complexity index is 2740. The molecule has 0 aromatic heterocycles. The predicted molar refractivity (Wildman–Crippen MR) is 223 cm³/mol. The lowest BCUT2D eigenvalue weighted by atomic mass is 9.83. The molecule has 11 rings (SSSR count). The third kappa shape index (κ3) is 4.69. The topological polar surface area (TPSA) is 0 Å². The monoisotopic (exact) mass is 676 g/mol. The summed E-state index contributed by atoms with van der Waals surface area (Å²) in [5.74, 6) is 5.36. The van der Waals surface area contributed by atoms with Crippen LogP contribution in [-0.2, 0) is 0 Å². The molecule has 1 aliphatic heterocycles. The van der Waals surface area contributed by atoms with Gasteiger partial charge in [0.15, 0.2) is 0 Å². The van der Waals surface area contributed by atoms with Gasteiger partial charge in [-0.25, -0.2) is 0 Å². The fraction of sp³-hybridized carbons (Fsp3) is 0.167. The Kier molecular flexibility index (Phi) is 6.74. The highest BCUT2D eigenvalue weighted by atomic mass is 32.2. The second kappa shape index (κ2) is 11.5. The number of allylic oxidation sites excluding steroid dienone is 5. The van der Waals surface area contributed by atoms with Crippen molar-refractivity contribution in [2.75, 3.05) is 23.0 Å². The van der Waals surface area contributed by atoms with Gasteiger partial charge >= 0.3 is 0 Å². The molecule has 0 amide bonds. The minimum atomic E-state index is 0.321.